The number of rotatable bonds is 3. The van der Waals surface area contributed by atoms with Crippen LogP contribution in [0.2, 0.25) is 0 Å². The summed E-state index contributed by atoms with van der Waals surface area (Å²) in [5.74, 6) is 1.03. The molecule has 0 radical (unpaired) electrons. The van der Waals surface area contributed by atoms with Gasteiger partial charge in [-0.25, -0.2) is 0 Å². The van der Waals surface area contributed by atoms with Gasteiger partial charge in [0, 0.05) is 12.5 Å². The minimum absolute atomic E-state index is 0.168. The average molecular weight is 363 g/mol. The summed E-state index contributed by atoms with van der Waals surface area (Å²) < 4.78 is 5.14. The Bertz CT molecular complexity index is 640. The molecule has 26 heavy (non-hydrogen) atoms. The van der Waals surface area contributed by atoms with Crippen molar-refractivity contribution in [2.45, 2.75) is 76.6 Å². The molecule has 4 aliphatic carbocycles. The zero-order chi connectivity index (χ0) is 18.7. The van der Waals surface area contributed by atoms with Gasteiger partial charge >= 0.3 is 0 Å². The van der Waals surface area contributed by atoms with Gasteiger partial charge in [-0.05, 0) is 62.2 Å². The third kappa shape index (κ3) is 2.35. The number of hydrogen-bond acceptors (Lipinski definition) is 4. The molecule has 4 rings (SSSR count). The molecule has 0 aromatic rings. The lowest BCUT2D eigenvalue weighted by Gasteiger charge is -2.58. The molecule has 146 valence electrons. The van der Waals surface area contributed by atoms with Gasteiger partial charge in [0.15, 0.2) is 0 Å². The van der Waals surface area contributed by atoms with E-state index in [1.54, 1.807) is 7.11 Å². The summed E-state index contributed by atoms with van der Waals surface area (Å²) >= 11 is 0. The van der Waals surface area contributed by atoms with Crippen LogP contribution in [0.4, 0.5) is 0 Å². The van der Waals surface area contributed by atoms with Gasteiger partial charge in [-0.2, -0.15) is 0 Å². The van der Waals surface area contributed by atoms with Gasteiger partial charge in [-0.1, -0.05) is 37.1 Å². The molecular weight excluding hydrogens is 328 g/mol. The van der Waals surface area contributed by atoms with Crippen molar-refractivity contribution >= 4 is 0 Å². The van der Waals surface area contributed by atoms with Crippen LogP contribution in [0, 0.1) is 22.7 Å². The Morgan fingerprint density at radius 1 is 1.23 bits per heavy atom. The molecule has 0 bridgehead atoms. The maximum Gasteiger partial charge on any atom is 0.107 e. The molecule has 4 nitrogen and oxygen atoms in total. The van der Waals surface area contributed by atoms with Crippen molar-refractivity contribution in [2.24, 2.45) is 22.7 Å². The van der Waals surface area contributed by atoms with Crippen molar-refractivity contribution in [3.05, 3.63) is 23.3 Å². The van der Waals surface area contributed by atoms with Crippen molar-refractivity contribution in [2.75, 3.05) is 13.7 Å². The fraction of sp³-hybridized carbons (Fsp3) is 0.818. The first-order valence-corrected chi connectivity index (χ1v) is 10.2. The Morgan fingerprint density at radius 3 is 2.73 bits per heavy atom. The monoisotopic (exact) mass is 362 g/mol. The van der Waals surface area contributed by atoms with E-state index in [-0.39, 0.29) is 23.5 Å². The molecule has 0 amide bonds. The Labute approximate surface area is 156 Å². The van der Waals surface area contributed by atoms with Gasteiger partial charge in [-0.3, -0.25) is 0 Å². The molecule has 3 N–H and O–H groups in total. The summed E-state index contributed by atoms with van der Waals surface area (Å²) in [5.41, 5.74) is 1.48. The van der Waals surface area contributed by atoms with E-state index in [4.69, 9.17) is 4.74 Å². The molecular formula is C22H34O4. The highest BCUT2D eigenvalue weighted by Gasteiger charge is 2.62. The van der Waals surface area contributed by atoms with E-state index in [0.717, 1.165) is 38.5 Å². The number of aliphatic hydroxyl groups is 3. The molecule has 7 atom stereocenters. The Kier molecular flexibility index (Phi) is 4.43. The van der Waals surface area contributed by atoms with Crippen molar-refractivity contribution in [1.82, 2.24) is 0 Å². The van der Waals surface area contributed by atoms with Crippen LogP contribution in [0.5, 0.6) is 0 Å². The maximum atomic E-state index is 11.4. The third-order valence-electron chi connectivity index (χ3n) is 8.56. The van der Waals surface area contributed by atoms with Crippen LogP contribution >= 0.6 is 0 Å². The maximum absolute atomic E-state index is 11.4. The standard InChI is InChI=1S/C22H34O4/c1-20-9-6-15(23)12-14(20)4-5-16-17(20)7-10-21(2)18(16)8-11-22(21,25)19(24)13-26-3/h4,8,15-17,19,23-25H,5-7,9-13H2,1-3H3. The number of allylic oxidation sites excluding steroid dienone is 1. The summed E-state index contributed by atoms with van der Waals surface area (Å²) in [6.07, 6.45) is 9.82. The lowest BCUT2D eigenvalue weighted by atomic mass is 9.48. The van der Waals surface area contributed by atoms with E-state index in [1.165, 1.54) is 11.1 Å². The zero-order valence-corrected chi connectivity index (χ0v) is 16.4. The SMILES string of the molecule is COCC(O)C1(O)CC=C2C3CC=C4CC(O)CCC4(C)C3CCC21C. The second-order valence-corrected chi connectivity index (χ2v) is 9.62. The minimum Gasteiger partial charge on any atom is -0.393 e. The second kappa shape index (κ2) is 6.16. The molecule has 0 spiro atoms. The van der Waals surface area contributed by atoms with Gasteiger partial charge in [0.1, 0.15) is 11.7 Å². The quantitative estimate of drug-likeness (QED) is 0.675. The predicted molar refractivity (Wildman–Crippen MR) is 101 cm³/mol. The van der Waals surface area contributed by atoms with Crippen LogP contribution in [-0.2, 0) is 4.74 Å². The predicted octanol–water partition coefficient (Wildman–Crippen LogP) is 2.97. The second-order valence-electron chi connectivity index (χ2n) is 9.62. The van der Waals surface area contributed by atoms with E-state index in [0.29, 0.717) is 18.3 Å². The topological polar surface area (TPSA) is 69.9 Å². The first kappa shape index (κ1) is 18.7. The first-order chi connectivity index (χ1) is 12.3. The molecule has 2 fully saturated rings. The average Bonchev–Trinajstić information content (AvgIpc) is 2.88. The lowest BCUT2D eigenvalue weighted by molar-refractivity contribution is -0.160. The van der Waals surface area contributed by atoms with Crippen LogP contribution in [0.3, 0.4) is 0 Å². The number of hydrogen-bond donors (Lipinski definition) is 3. The molecule has 4 heteroatoms. The summed E-state index contributed by atoms with van der Waals surface area (Å²) in [6.45, 7) is 4.71. The highest BCUT2D eigenvalue weighted by molar-refractivity contribution is 5.38. The van der Waals surface area contributed by atoms with Crippen molar-refractivity contribution in [1.29, 1.82) is 0 Å². The third-order valence-corrected chi connectivity index (χ3v) is 8.56. The highest BCUT2D eigenvalue weighted by Crippen LogP contribution is 2.65. The van der Waals surface area contributed by atoms with Crippen LogP contribution < -0.4 is 0 Å². The molecule has 0 saturated heterocycles. The smallest absolute Gasteiger partial charge is 0.107 e. The normalized spacial score (nSPS) is 48.8. The van der Waals surface area contributed by atoms with Crippen molar-refractivity contribution < 1.29 is 20.1 Å². The number of aliphatic hydroxyl groups excluding tert-OH is 2. The minimum atomic E-state index is -1.13. The molecule has 0 heterocycles. The lowest BCUT2D eigenvalue weighted by Crippen LogP contribution is -2.58. The summed E-state index contributed by atoms with van der Waals surface area (Å²) in [6, 6.07) is 0. The van der Waals surface area contributed by atoms with Gasteiger partial charge in [0.05, 0.1) is 12.7 Å². The van der Waals surface area contributed by atoms with E-state index in [1.807, 2.05) is 0 Å². The largest absolute Gasteiger partial charge is 0.393 e. The van der Waals surface area contributed by atoms with Gasteiger partial charge < -0.3 is 20.1 Å². The fourth-order valence-electron chi connectivity index (χ4n) is 6.83. The molecule has 2 saturated carbocycles. The first-order valence-electron chi connectivity index (χ1n) is 10.2. The Hall–Kier alpha value is -0.680. The highest BCUT2D eigenvalue weighted by atomic mass is 16.5. The van der Waals surface area contributed by atoms with Gasteiger partial charge in [0.25, 0.3) is 0 Å². The molecule has 0 aromatic heterocycles. The van der Waals surface area contributed by atoms with Crippen LogP contribution in [0.1, 0.15) is 58.8 Å². The number of ether oxygens (including phenoxy) is 1. The van der Waals surface area contributed by atoms with Crippen molar-refractivity contribution in [3.8, 4) is 0 Å². The Balaban J connectivity index is 1.66. The summed E-state index contributed by atoms with van der Waals surface area (Å²) in [7, 11) is 1.57. The van der Waals surface area contributed by atoms with Crippen LogP contribution in [-0.4, -0.2) is 46.8 Å². The Morgan fingerprint density at radius 2 is 2.00 bits per heavy atom. The molecule has 0 aliphatic heterocycles. The summed E-state index contributed by atoms with van der Waals surface area (Å²) in [5, 5.41) is 32.2. The van der Waals surface area contributed by atoms with Gasteiger partial charge in [-0.15, -0.1) is 0 Å². The van der Waals surface area contributed by atoms with Crippen molar-refractivity contribution in [3.63, 3.8) is 0 Å². The molecule has 7 unspecified atom stereocenters. The van der Waals surface area contributed by atoms with E-state index < -0.39 is 11.7 Å². The number of fused-ring (bicyclic) bond motifs is 5. The zero-order valence-electron chi connectivity index (χ0n) is 16.4. The van der Waals surface area contributed by atoms with E-state index in [9.17, 15) is 15.3 Å². The molecule has 4 aliphatic rings. The van der Waals surface area contributed by atoms with Crippen LogP contribution in [0.15, 0.2) is 23.3 Å². The van der Waals surface area contributed by atoms with E-state index in [2.05, 4.69) is 26.0 Å². The number of methoxy groups -OCH3 is 1. The van der Waals surface area contributed by atoms with E-state index >= 15 is 0 Å². The van der Waals surface area contributed by atoms with Gasteiger partial charge in [0.2, 0.25) is 0 Å². The summed E-state index contributed by atoms with van der Waals surface area (Å²) in [4.78, 5) is 0. The fourth-order valence-corrected chi connectivity index (χ4v) is 6.83. The molecule has 0 aromatic carbocycles. The van der Waals surface area contributed by atoms with Crippen LogP contribution in [0.25, 0.3) is 0 Å².